The van der Waals surface area contributed by atoms with E-state index in [0.29, 0.717) is 11.4 Å². The summed E-state index contributed by atoms with van der Waals surface area (Å²) in [7, 11) is -2.14. The molecule has 0 fully saturated rings. The van der Waals surface area contributed by atoms with E-state index in [0.717, 1.165) is 16.6 Å². The molecule has 2 aromatic rings. The second-order valence-corrected chi connectivity index (χ2v) is 7.31. The minimum atomic E-state index is -3.64. The van der Waals surface area contributed by atoms with Crippen LogP contribution in [-0.4, -0.2) is 34.1 Å². The van der Waals surface area contributed by atoms with E-state index in [1.807, 2.05) is 0 Å². The van der Waals surface area contributed by atoms with E-state index in [-0.39, 0.29) is 30.0 Å². The Bertz CT molecular complexity index is 867. The number of rotatable bonds is 7. The fraction of sp³-hybridized carbons (Fsp3) is 0.235. The molecule has 0 atom stereocenters. The molecule has 6 nitrogen and oxygen atoms in total. The number of carbonyl (C=O) groups is 1. The number of ketones is 1. The van der Waals surface area contributed by atoms with Crippen LogP contribution in [0, 0.1) is 5.82 Å². The highest BCUT2D eigenvalue weighted by atomic mass is 32.2. The van der Waals surface area contributed by atoms with Gasteiger partial charge in [0.2, 0.25) is 10.0 Å². The second kappa shape index (κ2) is 7.62. The molecule has 0 heterocycles. The highest BCUT2D eigenvalue weighted by molar-refractivity contribution is 7.92. The van der Waals surface area contributed by atoms with Crippen LogP contribution in [0.15, 0.2) is 42.5 Å². The average Bonchev–Trinajstić information content (AvgIpc) is 2.59. The molecule has 0 unspecified atom stereocenters. The summed E-state index contributed by atoms with van der Waals surface area (Å²) < 4.78 is 44.7. The number of nitrogens with zero attached hydrogens (tertiary/aromatic N) is 1. The first-order chi connectivity index (χ1) is 11.8. The Labute approximate surface area is 146 Å². The molecule has 0 aliphatic heterocycles. The number of Topliss-reactive ketones (excluding diaryl/α,β-unsaturated/α-hetero) is 1. The fourth-order valence-corrected chi connectivity index (χ4v) is 3.15. The lowest BCUT2D eigenvalue weighted by Gasteiger charge is -2.23. The van der Waals surface area contributed by atoms with Crippen LogP contribution in [0.5, 0.6) is 5.75 Å². The summed E-state index contributed by atoms with van der Waals surface area (Å²) in [4.78, 5) is 11.5. The molecule has 0 saturated heterocycles. The maximum atomic E-state index is 14.3. The third-order valence-electron chi connectivity index (χ3n) is 3.64. The molecular formula is C17H19FN2O4S. The standard InChI is InChI=1S/C17H19FN2O4S/c1-24-15-7-5-14(6-8-15)20(25(2,22)23)11-13-4-3-12(9-16(13)18)17(21)10-19/h3-9H,10-11,19H2,1-2H3. The van der Waals surface area contributed by atoms with Gasteiger partial charge in [-0.1, -0.05) is 12.1 Å². The van der Waals surface area contributed by atoms with Gasteiger partial charge in [0.25, 0.3) is 0 Å². The van der Waals surface area contributed by atoms with Gasteiger partial charge >= 0.3 is 0 Å². The van der Waals surface area contributed by atoms with Crippen molar-refractivity contribution in [1.82, 2.24) is 0 Å². The topological polar surface area (TPSA) is 89.7 Å². The summed E-state index contributed by atoms with van der Waals surface area (Å²) in [5, 5.41) is 0. The van der Waals surface area contributed by atoms with Crippen molar-refractivity contribution in [2.45, 2.75) is 6.54 Å². The van der Waals surface area contributed by atoms with Gasteiger partial charge in [-0.15, -0.1) is 0 Å². The lowest BCUT2D eigenvalue weighted by Crippen LogP contribution is -2.29. The van der Waals surface area contributed by atoms with Gasteiger partial charge in [-0.05, 0) is 30.3 Å². The maximum Gasteiger partial charge on any atom is 0.232 e. The van der Waals surface area contributed by atoms with E-state index in [9.17, 15) is 17.6 Å². The van der Waals surface area contributed by atoms with Crippen LogP contribution in [0.1, 0.15) is 15.9 Å². The van der Waals surface area contributed by atoms with Crippen LogP contribution in [0.25, 0.3) is 0 Å². The van der Waals surface area contributed by atoms with Crippen LogP contribution < -0.4 is 14.8 Å². The summed E-state index contributed by atoms with van der Waals surface area (Å²) in [5.74, 6) is -0.477. The Kier molecular flexibility index (Phi) is 5.76. The number of halogens is 1. The van der Waals surface area contributed by atoms with Crippen molar-refractivity contribution in [1.29, 1.82) is 0 Å². The molecule has 0 amide bonds. The Morgan fingerprint density at radius 2 is 1.84 bits per heavy atom. The second-order valence-electron chi connectivity index (χ2n) is 5.40. The zero-order valence-electron chi connectivity index (χ0n) is 13.9. The van der Waals surface area contributed by atoms with Gasteiger partial charge in [0.15, 0.2) is 5.78 Å². The van der Waals surface area contributed by atoms with Crippen LogP contribution in [0.2, 0.25) is 0 Å². The molecule has 2 aromatic carbocycles. The van der Waals surface area contributed by atoms with Gasteiger partial charge in [0, 0.05) is 11.1 Å². The van der Waals surface area contributed by atoms with Crippen molar-refractivity contribution >= 4 is 21.5 Å². The number of methoxy groups -OCH3 is 1. The summed E-state index contributed by atoms with van der Waals surface area (Å²) >= 11 is 0. The molecular weight excluding hydrogens is 347 g/mol. The van der Waals surface area contributed by atoms with Gasteiger partial charge in [-0.3, -0.25) is 9.10 Å². The lowest BCUT2D eigenvalue weighted by molar-refractivity contribution is 0.100. The normalized spacial score (nSPS) is 11.2. The Morgan fingerprint density at radius 1 is 1.20 bits per heavy atom. The number of hydrogen-bond donors (Lipinski definition) is 1. The van der Waals surface area contributed by atoms with E-state index in [1.165, 1.54) is 19.2 Å². The van der Waals surface area contributed by atoms with Gasteiger partial charge in [-0.2, -0.15) is 0 Å². The number of carbonyl (C=O) groups excluding carboxylic acids is 1. The largest absolute Gasteiger partial charge is 0.497 e. The summed E-state index contributed by atoms with van der Waals surface area (Å²) in [6, 6.07) is 10.3. The molecule has 0 radical (unpaired) electrons. The monoisotopic (exact) mass is 366 g/mol. The van der Waals surface area contributed by atoms with Crippen molar-refractivity contribution in [2.75, 3.05) is 24.2 Å². The number of sulfonamides is 1. The molecule has 0 aromatic heterocycles. The molecule has 0 aliphatic rings. The number of anilines is 1. The maximum absolute atomic E-state index is 14.3. The summed E-state index contributed by atoms with van der Waals surface area (Å²) in [5.41, 5.74) is 5.94. The third kappa shape index (κ3) is 4.55. The minimum absolute atomic E-state index is 0.148. The molecule has 0 aliphatic carbocycles. The summed E-state index contributed by atoms with van der Waals surface area (Å²) in [6.45, 7) is -0.422. The molecule has 25 heavy (non-hydrogen) atoms. The highest BCUT2D eigenvalue weighted by Gasteiger charge is 2.20. The fourth-order valence-electron chi connectivity index (χ4n) is 2.27. The molecule has 0 bridgehead atoms. The SMILES string of the molecule is COc1ccc(N(Cc2ccc(C(=O)CN)cc2F)S(C)(=O)=O)cc1. The number of ether oxygens (including phenoxy) is 1. The molecule has 0 saturated carbocycles. The third-order valence-corrected chi connectivity index (χ3v) is 4.78. The van der Waals surface area contributed by atoms with Crippen LogP contribution in [-0.2, 0) is 16.6 Å². The lowest BCUT2D eigenvalue weighted by atomic mass is 10.1. The van der Waals surface area contributed by atoms with Gasteiger partial charge in [0.05, 0.1) is 32.1 Å². The first-order valence-electron chi connectivity index (χ1n) is 7.39. The number of nitrogens with two attached hydrogens (primary N) is 1. The van der Waals surface area contributed by atoms with Crippen LogP contribution in [0.3, 0.4) is 0 Å². The van der Waals surface area contributed by atoms with Gasteiger partial charge in [-0.25, -0.2) is 12.8 Å². The van der Waals surface area contributed by atoms with E-state index in [1.54, 1.807) is 24.3 Å². The Morgan fingerprint density at radius 3 is 2.32 bits per heavy atom. The van der Waals surface area contributed by atoms with E-state index in [4.69, 9.17) is 10.5 Å². The summed E-state index contributed by atoms with van der Waals surface area (Å²) in [6.07, 6.45) is 1.04. The van der Waals surface area contributed by atoms with E-state index >= 15 is 0 Å². The first-order valence-corrected chi connectivity index (χ1v) is 9.24. The Hall–Kier alpha value is -2.45. The van der Waals surface area contributed by atoms with E-state index < -0.39 is 15.8 Å². The minimum Gasteiger partial charge on any atom is -0.497 e. The van der Waals surface area contributed by atoms with E-state index in [2.05, 4.69) is 0 Å². The Balaban J connectivity index is 2.36. The zero-order valence-corrected chi connectivity index (χ0v) is 14.7. The zero-order chi connectivity index (χ0) is 18.6. The quantitative estimate of drug-likeness (QED) is 0.757. The molecule has 134 valence electrons. The smallest absolute Gasteiger partial charge is 0.232 e. The predicted octanol–water partition coefficient (Wildman–Crippen LogP) is 1.94. The van der Waals surface area contributed by atoms with Gasteiger partial charge in [0.1, 0.15) is 11.6 Å². The molecule has 0 spiro atoms. The van der Waals surface area contributed by atoms with Crippen LogP contribution in [0.4, 0.5) is 10.1 Å². The molecule has 2 rings (SSSR count). The van der Waals surface area contributed by atoms with Crippen molar-refractivity contribution in [3.05, 3.63) is 59.4 Å². The van der Waals surface area contributed by atoms with Crippen molar-refractivity contribution in [3.8, 4) is 5.75 Å². The van der Waals surface area contributed by atoms with Crippen LogP contribution >= 0.6 is 0 Å². The average molecular weight is 366 g/mol. The number of hydrogen-bond acceptors (Lipinski definition) is 5. The molecule has 8 heteroatoms. The number of benzene rings is 2. The van der Waals surface area contributed by atoms with Crippen molar-refractivity contribution in [2.24, 2.45) is 5.73 Å². The predicted molar refractivity (Wildman–Crippen MR) is 93.8 cm³/mol. The molecule has 2 N–H and O–H groups in total. The highest BCUT2D eigenvalue weighted by Crippen LogP contribution is 2.24. The van der Waals surface area contributed by atoms with Crippen molar-refractivity contribution in [3.63, 3.8) is 0 Å². The van der Waals surface area contributed by atoms with Crippen molar-refractivity contribution < 1.29 is 22.3 Å². The van der Waals surface area contributed by atoms with Gasteiger partial charge < -0.3 is 10.5 Å². The first kappa shape index (κ1) is 18.9.